The van der Waals surface area contributed by atoms with Crippen molar-refractivity contribution in [3.63, 3.8) is 0 Å². The van der Waals surface area contributed by atoms with E-state index >= 15 is 0 Å². The second-order valence-electron chi connectivity index (χ2n) is 4.33. The van der Waals surface area contributed by atoms with Gasteiger partial charge in [-0.1, -0.05) is 11.6 Å². The summed E-state index contributed by atoms with van der Waals surface area (Å²) in [5.41, 5.74) is 0.663. The Hall–Kier alpha value is -1.34. The molecule has 100 valence electrons. The molecule has 0 saturated carbocycles. The van der Waals surface area contributed by atoms with Crippen molar-refractivity contribution in [2.75, 3.05) is 6.54 Å². The molecule has 1 atom stereocenters. The lowest BCUT2D eigenvalue weighted by molar-refractivity contribution is 0.138. The zero-order valence-electron chi connectivity index (χ0n) is 9.75. The summed E-state index contributed by atoms with van der Waals surface area (Å²) in [4.78, 5) is 21.1. The van der Waals surface area contributed by atoms with E-state index in [4.69, 9.17) is 11.6 Å². The van der Waals surface area contributed by atoms with Crippen LogP contribution in [-0.4, -0.2) is 37.0 Å². The summed E-state index contributed by atoms with van der Waals surface area (Å²) in [7, 11) is 0. The molecule has 1 aliphatic rings. The van der Waals surface area contributed by atoms with Gasteiger partial charge in [-0.25, -0.2) is 14.8 Å². The van der Waals surface area contributed by atoms with Crippen LogP contribution in [0.15, 0.2) is 17.0 Å². The van der Waals surface area contributed by atoms with E-state index in [2.05, 4.69) is 25.9 Å². The minimum absolute atomic E-state index is 0.241. The van der Waals surface area contributed by atoms with Gasteiger partial charge >= 0.3 is 6.09 Å². The zero-order valence-corrected chi connectivity index (χ0v) is 12.1. The van der Waals surface area contributed by atoms with Crippen LogP contribution in [0.3, 0.4) is 0 Å². The number of hydrogen-bond acceptors (Lipinski definition) is 3. The van der Waals surface area contributed by atoms with Gasteiger partial charge in [0, 0.05) is 18.9 Å². The molecule has 2 aromatic rings. The Kier molecular flexibility index (Phi) is 3.10. The molecule has 19 heavy (non-hydrogen) atoms. The van der Waals surface area contributed by atoms with Crippen molar-refractivity contribution < 1.29 is 9.90 Å². The van der Waals surface area contributed by atoms with Crippen LogP contribution in [-0.2, 0) is 0 Å². The third-order valence-electron chi connectivity index (χ3n) is 3.29. The molecule has 8 heteroatoms. The van der Waals surface area contributed by atoms with Crippen LogP contribution >= 0.6 is 27.5 Å². The average Bonchev–Trinajstić information content (AvgIpc) is 2.94. The molecule has 1 aliphatic heterocycles. The Morgan fingerprint density at radius 2 is 2.37 bits per heavy atom. The number of imidazole rings is 1. The maximum atomic E-state index is 11.2. The molecule has 3 heterocycles. The van der Waals surface area contributed by atoms with E-state index in [0.717, 1.165) is 12.8 Å². The van der Waals surface area contributed by atoms with Crippen LogP contribution in [0, 0.1) is 0 Å². The van der Waals surface area contributed by atoms with Crippen molar-refractivity contribution in [3.05, 3.63) is 28.0 Å². The highest BCUT2D eigenvalue weighted by Crippen LogP contribution is 2.34. The first kappa shape index (κ1) is 12.7. The van der Waals surface area contributed by atoms with E-state index in [1.807, 2.05) is 0 Å². The van der Waals surface area contributed by atoms with Crippen LogP contribution in [0.4, 0.5) is 4.79 Å². The van der Waals surface area contributed by atoms with Crippen LogP contribution in [0.5, 0.6) is 0 Å². The second kappa shape index (κ2) is 4.64. The summed E-state index contributed by atoms with van der Waals surface area (Å²) in [6, 6.07) is -0.241. The second-order valence-corrected chi connectivity index (χ2v) is 5.44. The molecule has 2 aromatic heterocycles. The van der Waals surface area contributed by atoms with Gasteiger partial charge in [0.2, 0.25) is 0 Å². The van der Waals surface area contributed by atoms with Crippen LogP contribution < -0.4 is 0 Å². The largest absolute Gasteiger partial charge is 0.465 e. The average molecular weight is 346 g/mol. The molecule has 1 N–H and O–H groups in total. The lowest BCUT2D eigenvalue weighted by Crippen LogP contribution is -2.29. The van der Waals surface area contributed by atoms with E-state index in [9.17, 15) is 9.90 Å². The minimum atomic E-state index is -0.921. The van der Waals surface area contributed by atoms with Gasteiger partial charge in [0.1, 0.15) is 15.9 Å². The Balaban J connectivity index is 2.16. The van der Waals surface area contributed by atoms with Crippen molar-refractivity contribution in [1.82, 2.24) is 19.3 Å². The van der Waals surface area contributed by atoms with Crippen molar-refractivity contribution in [1.29, 1.82) is 0 Å². The van der Waals surface area contributed by atoms with E-state index in [0.29, 0.717) is 27.6 Å². The molecule has 0 aliphatic carbocycles. The van der Waals surface area contributed by atoms with Crippen molar-refractivity contribution in [3.8, 4) is 0 Å². The summed E-state index contributed by atoms with van der Waals surface area (Å²) in [6.45, 7) is 0.533. The molecule has 3 rings (SSSR count). The first-order valence-corrected chi connectivity index (χ1v) is 6.94. The fourth-order valence-electron chi connectivity index (χ4n) is 2.48. The van der Waals surface area contributed by atoms with Gasteiger partial charge in [0.05, 0.1) is 6.04 Å². The summed E-state index contributed by atoms with van der Waals surface area (Å²) in [5, 5.41) is 9.56. The smallest absolute Gasteiger partial charge is 0.407 e. The minimum Gasteiger partial charge on any atom is -0.465 e. The first-order chi connectivity index (χ1) is 9.09. The molecule has 6 nitrogen and oxygen atoms in total. The number of rotatable bonds is 1. The number of halogens is 2. The number of nitrogens with zero attached hydrogens (tertiary/aromatic N) is 4. The zero-order chi connectivity index (χ0) is 13.6. The molecule has 1 saturated heterocycles. The molecule has 0 spiro atoms. The number of hydrogen-bond donors (Lipinski definition) is 1. The monoisotopic (exact) mass is 344 g/mol. The Morgan fingerprint density at radius 3 is 3.11 bits per heavy atom. The maximum absolute atomic E-state index is 11.2. The van der Waals surface area contributed by atoms with Gasteiger partial charge in [-0.2, -0.15) is 0 Å². The summed E-state index contributed by atoms with van der Waals surface area (Å²) in [6.07, 6.45) is 4.00. The van der Waals surface area contributed by atoms with E-state index in [1.54, 1.807) is 16.8 Å². The molecule has 1 amide bonds. The number of amides is 1. The lowest BCUT2D eigenvalue weighted by Gasteiger charge is -2.20. The third kappa shape index (κ3) is 1.97. The topological polar surface area (TPSA) is 70.7 Å². The third-order valence-corrected chi connectivity index (χ3v) is 4.12. The SMILES string of the molecule is O=C(O)N1CCC[C@H]1c1nc(Br)c2c(Cl)nccn12. The molecule has 0 bridgehead atoms. The number of carboxylic acid groups (broad SMARTS) is 1. The number of aromatic nitrogens is 3. The Labute approximate surface area is 122 Å². The summed E-state index contributed by atoms with van der Waals surface area (Å²) in [5.74, 6) is 0.672. The van der Waals surface area contributed by atoms with E-state index in [1.165, 1.54) is 4.90 Å². The van der Waals surface area contributed by atoms with Gasteiger partial charge in [-0.3, -0.25) is 9.30 Å². The predicted molar refractivity (Wildman–Crippen MR) is 72.4 cm³/mol. The fraction of sp³-hybridized carbons (Fsp3) is 0.364. The summed E-state index contributed by atoms with van der Waals surface area (Å²) >= 11 is 9.40. The lowest BCUT2D eigenvalue weighted by atomic mass is 10.2. The van der Waals surface area contributed by atoms with Gasteiger partial charge in [0.25, 0.3) is 0 Å². The number of fused-ring (bicyclic) bond motifs is 1. The number of likely N-dealkylation sites (tertiary alicyclic amines) is 1. The van der Waals surface area contributed by atoms with Crippen LogP contribution in [0.2, 0.25) is 5.15 Å². The highest BCUT2D eigenvalue weighted by Gasteiger charge is 2.33. The van der Waals surface area contributed by atoms with Crippen LogP contribution in [0.25, 0.3) is 5.52 Å². The maximum Gasteiger partial charge on any atom is 0.407 e. The Bertz CT molecular complexity index is 659. The quantitative estimate of drug-likeness (QED) is 0.862. The highest BCUT2D eigenvalue weighted by atomic mass is 79.9. The molecule has 0 unspecified atom stereocenters. The van der Waals surface area contributed by atoms with Crippen molar-refractivity contribution in [2.45, 2.75) is 18.9 Å². The van der Waals surface area contributed by atoms with Crippen molar-refractivity contribution in [2.24, 2.45) is 0 Å². The molecule has 0 aromatic carbocycles. The standard InChI is InChI=1S/C11H10BrClN4O2/c12-8-7-9(13)14-3-5-17(7)10(15-8)6-2-1-4-16(6)11(18)19/h3,5-6H,1-2,4H2,(H,18,19)/t6-/m0/s1. The van der Waals surface area contributed by atoms with Gasteiger partial charge in [0.15, 0.2) is 5.15 Å². The molecular weight excluding hydrogens is 336 g/mol. The van der Waals surface area contributed by atoms with Gasteiger partial charge in [-0.05, 0) is 28.8 Å². The van der Waals surface area contributed by atoms with Gasteiger partial charge in [-0.15, -0.1) is 0 Å². The fourth-order valence-corrected chi connectivity index (χ4v) is 3.39. The highest BCUT2D eigenvalue weighted by molar-refractivity contribution is 9.10. The van der Waals surface area contributed by atoms with Crippen LogP contribution in [0.1, 0.15) is 24.7 Å². The summed E-state index contributed by atoms with van der Waals surface area (Å²) < 4.78 is 2.38. The number of carbonyl (C=O) groups is 1. The normalized spacial score (nSPS) is 19.3. The Morgan fingerprint density at radius 1 is 1.58 bits per heavy atom. The van der Waals surface area contributed by atoms with Crippen molar-refractivity contribution >= 4 is 39.1 Å². The first-order valence-electron chi connectivity index (χ1n) is 5.77. The van der Waals surface area contributed by atoms with E-state index in [-0.39, 0.29) is 6.04 Å². The molecule has 0 radical (unpaired) electrons. The molecular formula is C11H10BrClN4O2. The van der Waals surface area contributed by atoms with E-state index < -0.39 is 6.09 Å². The predicted octanol–water partition coefficient (Wildman–Crippen LogP) is 2.96. The molecule has 1 fully saturated rings. The van der Waals surface area contributed by atoms with Gasteiger partial charge < -0.3 is 5.11 Å².